The standard InChI is InChI=1S/C22H20N4O/c1-14-10-11-17-18(13-16-8-5-9-19(24-16)22(23)26-27)21(25-20(17)12-14)15-6-3-2-4-7-15/h2-12,25,27H,13H2,1H3,(H2,23,26). The summed E-state index contributed by atoms with van der Waals surface area (Å²) in [7, 11) is 0. The number of nitrogens with two attached hydrogens (primary N) is 1. The number of oxime groups is 1. The number of H-pyrrole nitrogens is 1. The summed E-state index contributed by atoms with van der Waals surface area (Å²) >= 11 is 0. The first kappa shape index (κ1) is 16.8. The second kappa shape index (κ2) is 6.96. The quantitative estimate of drug-likeness (QED) is 0.221. The predicted molar refractivity (Wildman–Crippen MR) is 108 cm³/mol. The molecule has 0 fully saturated rings. The maximum absolute atomic E-state index is 8.91. The summed E-state index contributed by atoms with van der Waals surface area (Å²) in [6.45, 7) is 2.09. The van der Waals surface area contributed by atoms with Crippen LogP contribution < -0.4 is 5.73 Å². The molecule has 0 bridgehead atoms. The van der Waals surface area contributed by atoms with E-state index in [1.165, 1.54) is 16.5 Å². The van der Waals surface area contributed by atoms with E-state index in [0.717, 1.165) is 22.5 Å². The fourth-order valence-electron chi connectivity index (χ4n) is 3.36. The third kappa shape index (κ3) is 3.27. The van der Waals surface area contributed by atoms with Crippen LogP contribution in [0.1, 0.15) is 22.5 Å². The Bertz CT molecular complexity index is 1130. The minimum atomic E-state index is 0.00897. The molecule has 27 heavy (non-hydrogen) atoms. The van der Waals surface area contributed by atoms with E-state index in [0.29, 0.717) is 12.1 Å². The molecule has 4 aromatic rings. The molecule has 2 aromatic heterocycles. The average Bonchev–Trinajstić information content (AvgIpc) is 3.05. The number of aromatic amines is 1. The van der Waals surface area contributed by atoms with Gasteiger partial charge in [-0.05, 0) is 41.8 Å². The van der Waals surface area contributed by atoms with Crippen LogP contribution in [0.3, 0.4) is 0 Å². The zero-order valence-corrected chi connectivity index (χ0v) is 15.0. The Labute approximate surface area is 157 Å². The molecule has 2 aromatic carbocycles. The van der Waals surface area contributed by atoms with Gasteiger partial charge in [-0.3, -0.25) is 0 Å². The molecule has 2 heterocycles. The van der Waals surface area contributed by atoms with Gasteiger partial charge < -0.3 is 15.9 Å². The van der Waals surface area contributed by atoms with E-state index in [1.807, 2.05) is 30.3 Å². The molecule has 0 saturated heterocycles. The SMILES string of the molecule is Cc1ccc2c(Cc3cccc(C(N)=NO)n3)c(-c3ccccc3)[nH]c2c1. The molecular weight excluding hydrogens is 336 g/mol. The van der Waals surface area contributed by atoms with E-state index in [2.05, 4.69) is 52.4 Å². The van der Waals surface area contributed by atoms with E-state index >= 15 is 0 Å². The van der Waals surface area contributed by atoms with Crippen molar-refractivity contribution in [1.29, 1.82) is 0 Å². The Hall–Kier alpha value is -3.60. The van der Waals surface area contributed by atoms with Crippen molar-refractivity contribution < 1.29 is 5.21 Å². The number of nitrogens with one attached hydrogen (secondary N) is 1. The first-order valence-electron chi connectivity index (χ1n) is 8.76. The molecule has 0 atom stereocenters. The summed E-state index contributed by atoms with van der Waals surface area (Å²) in [5.74, 6) is 0.00897. The van der Waals surface area contributed by atoms with Gasteiger partial charge in [-0.1, -0.05) is 53.7 Å². The van der Waals surface area contributed by atoms with Crippen LogP contribution in [-0.2, 0) is 6.42 Å². The number of amidine groups is 1. The molecule has 0 unspecified atom stereocenters. The van der Waals surface area contributed by atoms with Gasteiger partial charge in [0, 0.05) is 23.0 Å². The van der Waals surface area contributed by atoms with Gasteiger partial charge in [0.05, 0.1) is 5.69 Å². The molecule has 4 N–H and O–H groups in total. The van der Waals surface area contributed by atoms with Gasteiger partial charge in [-0.15, -0.1) is 0 Å². The molecule has 5 heteroatoms. The number of hydrogen-bond acceptors (Lipinski definition) is 3. The molecule has 0 radical (unpaired) electrons. The molecule has 0 amide bonds. The van der Waals surface area contributed by atoms with Crippen LogP contribution in [-0.4, -0.2) is 21.0 Å². The van der Waals surface area contributed by atoms with Crippen molar-refractivity contribution in [2.45, 2.75) is 13.3 Å². The summed E-state index contributed by atoms with van der Waals surface area (Å²) in [5, 5.41) is 13.1. The van der Waals surface area contributed by atoms with E-state index in [-0.39, 0.29) is 5.84 Å². The molecular formula is C22H20N4O. The highest BCUT2D eigenvalue weighted by Crippen LogP contribution is 2.32. The van der Waals surface area contributed by atoms with Gasteiger partial charge in [0.15, 0.2) is 5.84 Å². The molecule has 0 aliphatic rings. The van der Waals surface area contributed by atoms with E-state index in [1.54, 1.807) is 6.07 Å². The lowest BCUT2D eigenvalue weighted by Crippen LogP contribution is -2.15. The number of fused-ring (bicyclic) bond motifs is 1. The van der Waals surface area contributed by atoms with Crippen LogP contribution in [0.15, 0.2) is 71.9 Å². The first-order valence-corrected chi connectivity index (χ1v) is 8.76. The number of nitrogens with zero attached hydrogens (tertiary/aromatic N) is 2. The highest BCUT2D eigenvalue weighted by molar-refractivity contribution is 5.95. The maximum Gasteiger partial charge on any atom is 0.188 e. The number of pyridine rings is 1. The van der Waals surface area contributed by atoms with Crippen molar-refractivity contribution >= 4 is 16.7 Å². The maximum atomic E-state index is 8.91. The van der Waals surface area contributed by atoms with Crippen LogP contribution in [0.4, 0.5) is 0 Å². The average molecular weight is 356 g/mol. The Morgan fingerprint density at radius 3 is 2.67 bits per heavy atom. The molecule has 134 valence electrons. The molecule has 0 aliphatic heterocycles. The van der Waals surface area contributed by atoms with Gasteiger partial charge in [0.1, 0.15) is 5.69 Å². The molecule has 0 saturated carbocycles. The topological polar surface area (TPSA) is 87.3 Å². The number of aryl methyl sites for hydroxylation is 1. The van der Waals surface area contributed by atoms with Gasteiger partial charge in [0.25, 0.3) is 0 Å². The van der Waals surface area contributed by atoms with Crippen molar-refractivity contribution in [2.75, 3.05) is 0 Å². The minimum absolute atomic E-state index is 0.00897. The lowest BCUT2D eigenvalue weighted by Gasteiger charge is -2.07. The van der Waals surface area contributed by atoms with Gasteiger partial charge >= 0.3 is 0 Å². The predicted octanol–water partition coefficient (Wildman–Crippen LogP) is 4.22. The first-order chi connectivity index (χ1) is 13.2. The molecule has 0 spiro atoms. The second-order valence-corrected chi connectivity index (χ2v) is 6.57. The second-order valence-electron chi connectivity index (χ2n) is 6.57. The van der Waals surface area contributed by atoms with Gasteiger partial charge in [0.2, 0.25) is 0 Å². The highest BCUT2D eigenvalue weighted by atomic mass is 16.4. The molecule has 4 rings (SSSR count). The molecule has 5 nitrogen and oxygen atoms in total. The molecule has 0 aliphatic carbocycles. The van der Waals surface area contributed by atoms with Crippen molar-refractivity contribution in [3.63, 3.8) is 0 Å². The van der Waals surface area contributed by atoms with Crippen LogP contribution in [0, 0.1) is 6.92 Å². The third-order valence-corrected chi connectivity index (χ3v) is 4.66. The number of aromatic nitrogens is 2. The van der Waals surface area contributed by atoms with Gasteiger partial charge in [-0.2, -0.15) is 0 Å². The van der Waals surface area contributed by atoms with Crippen LogP contribution in [0.25, 0.3) is 22.2 Å². The summed E-state index contributed by atoms with van der Waals surface area (Å²) in [4.78, 5) is 8.12. The van der Waals surface area contributed by atoms with Crippen LogP contribution in [0.5, 0.6) is 0 Å². The normalized spacial score (nSPS) is 11.8. The van der Waals surface area contributed by atoms with Crippen molar-refractivity contribution in [3.8, 4) is 11.3 Å². The minimum Gasteiger partial charge on any atom is -0.409 e. The summed E-state index contributed by atoms with van der Waals surface area (Å²) < 4.78 is 0. The number of hydrogen-bond donors (Lipinski definition) is 3. The van der Waals surface area contributed by atoms with E-state index in [9.17, 15) is 0 Å². The third-order valence-electron chi connectivity index (χ3n) is 4.66. The van der Waals surface area contributed by atoms with Gasteiger partial charge in [-0.25, -0.2) is 4.98 Å². The van der Waals surface area contributed by atoms with E-state index < -0.39 is 0 Å². The summed E-state index contributed by atoms with van der Waals surface area (Å²) in [6, 6.07) is 22.3. The fraction of sp³-hybridized carbons (Fsp3) is 0.0909. The Kier molecular flexibility index (Phi) is 4.34. The van der Waals surface area contributed by atoms with Crippen LogP contribution in [0.2, 0.25) is 0 Å². The smallest absolute Gasteiger partial charge is 0.188 e. The largest absolute Gasteiger partial charge is 0.409 e. The monoisotopic (exact) mass is 356 g/mol. The van der Waals surface area contributed by atoms with Crippen molar-refractivity contribution in [2.24, 2.45) is 10.9 Å². The lowest BCUT2D eigenvalue weighted by molar-refractivity contribution is 0.318. The zero-order valence-electron chi connectivity index (χ0n) is 15.0. The zero-order chi connectivity index (χ0) is 18.8. The van der Waals surface area contributed by atoms with Crippen LogP contribution >= 0.6 is 0 Å². The fourth-order valence-corrected chi connectivity index (χ4v) is 3.36. The lowest BCUT2D eigenvalue weighted by atomic mass is 10.00. The highest BCUT2D eigenvalue weighted by Gasteiger charge is 2.15. The summed E-state index contributed by atoms with van der Waals surface area (Å²) in [6.07, 6.45) is 0.639. The number of benzene rings is 2. The van der Waals surface area contributed by atoms with Crippen molar-refractivity contribution in [1.82, 2.24) is 9.97 Å². The van der Waals surface area contributed by atoms with Crippen molar-refractivity contribution in [3.05, 3.63) is 89.2 Å². The van der Waals surface area contributed by atoms with E-state index in [4.69, 9.17) is 10.9 Å². The summed E-state index contributed by atoms with van der Waals surface area (Å²) in [5.41, 5.74) is 12.7. The Morgan fingerprint density at radius 2 is 1.89 bits per heavy atom. The Balaban J connectivity index is 1.85. The number of rotatable bonds is 4. The Morgan fingerprint density at radius 1 is 1.07 bits per heavy atom.